The maximum absolute atomic E-state index is 12.3. The van der Waals surface area contributed by atoms with Gasteiger partial charge in [-0.1, -0.05) is 11.6 Å². The van der Waals surface area contributed by atoms with Crippen LogP contribution in [0.5, 0.6) is 0 Å². The van der Waals surface area contributed by atoms with Crippen LogP contribution in [-0.4, -0.2) is 33.6 Å². The largest absolute Gasteiger partial charge is 0.418 e. The Morgan fingerprint density at radius 2 is 2.00 bits per heavy atom. The van der Waals surface area contributed by atoms with Gasteiger partial charge in [0.15, 0.2) is 10.8 Å². The van der Waals surface area contributed by atoms with Crippen LogP contribution in [0.1, 0.15) is 6.92 Å². The molecule has 90 valence electrons. The molecule has 0 unspecified atom stereocenters. The Bertz CT molecular complexity index is 353. The van der Waals surface area contributed by atoms with Crippen LogP contribution in [0, 0.1) is 0 Å². The molecule has 0 aliphatic carbocycles. The van der Waals surface area contributed by atoms with Crippen LogP contribution in [0.15, 0.2) is 12.1 Å². The predicted octanol–water partition coefficient (Wildman–Crippen LogP) is 1.86. The summed E-state index contributed by atoms with van der Waals surface area (Å²) in [5, 5.41) is 18.5. The summed E-state index contributed by atoms with van der Waals surface area (Å²) in [7, 11) is 0. The van der Waals surface area contributed by atoms with Gasteiger partial charge < -0.3 is 10.4 Å². The molecule has 0 saturated carbocycles. The van der Waals surface area contributed by atoms with Crippen LogP contribution < -0.4 is 5.32 Å². The molecule has 0 fully saturated rings. The first-order chi connectivity index (χ1) is 7.22. The normalized spacial score (nSPS) is 15.6. The van der Waals surface area contributed by atoms with Gasteiger partial charge in [-0.25, -0.2) is 0 Å². The highest BCUT2D eigenvalue weighted by Gasteiger charge is 2.49. The predicted molar refractivity (Wildman–Crippen MR) is 52.2 cm³/mol. The number of aliphatic hydroxyl groups is 1. The van der Waals surface area contributed by atoms with Crippen molar-refractivity contribution < 1.29 is 18.3 Å². The lowest BCUT2D eigenvalue weighted by Crippen LogP contribution is -2.47. The first-order valence-corrected chi connectivity index (χ1v) is 4.62. The van der Waals surface area contributed by atoms with Gasteiger partial charge in [-0.3, -0.25) is 0 Å². The molecule has 0 aromatic carbocycles. The smallest absolute Gasteiger partial charge is 0.379 e. The third-order valence-electron chi connectivity index (χ3n) is 1.86. The summed E-state index contributed by atoms with van der Waals surface area (Å²) in [6.07, 6.45) is -4.71. The van der Waals surface area contributed by atoms with Crippen molar-refractivity contribution in [1.29, 1.82) is 0 Å². The quantitative estimate of drug-likeness (QED) is 0.866. The van der Waals surface area contributed by atoms with Crippen molar-refractivity contribution in [3.63, 3.8) is 0 Å². The number of nitrogens with zero attached hydrogens (tertiary/aromatic N) is 2. The van der Waals surface area contributed by atoms with Crippen molar-refractivity contribution >= 4 is 17.4 Å². The minimum absolute atomic E-state index is 0.105. The van der Waals surface area contributed by atoms with Gasteiger partial charge in [0.1, 0.15) is 5.82 Å². The van der Waals surface area contributed by atoms with Crippen molar-refractivity contribution in [2.75, 3.05) is 11.9 Å². The second-order valence-electron chi connectivity index (χ2n) is 3.37. The van der Waals surface area contributed by atoms with E-state index in [0.717, 1.165) is 0 Å². The maximum atomic E-state index is 12.3. The molecule has 2 N–H and O–H groups in total. The van der Waals surface area contributed by atoms with Crippen LogP contribution in [0.3, 0.4) is 0 Å². The van der Waals surface area contributed by atoms with E-state index in [-0.39, 0.29) is 11.0 Å². The molecule has 0 saturated heterocycles. The Labute approximate surface area is 94.4 Å². The number of alkyl halides is 3. The van der Waals surface area contributed by atoms with Gasteiger partial charge in [0, 0.05) is 0 Å². The van der Waals surface area contributed by atoms with E-state index < -0.39 is 18.3 Å². The highest BCUT2D eigenvalue weighted by atomic mass is 35.5. The zero-order valence-electron chi connectivity index (χ0n) is 8.22. The van der Waals surface area contributed by atoms with Gasteiger partial charge in [-0.15, -0.1) is 10.2 Å². The molecule has 0 aliphatic heterocycles. The highest BCUT2D eigenvalue weighted by molar-refractivity contribution is 6.29. The van der Waals surface area contributed by atoms with Crippen molar-refractivity contribution in [3.8, 4) is 0 Å². The lowest BCUT2D eigenvalue weighted by molar-refractivity contribution is -0.246. The van der Waals surface area contributed by atoms with Gasteiger partial charge in [0.05, 0.1) is 6.54 Å². The monoisotopic (exact) mass is 255 g/mol. The van der Waals surface area contributed by atoms with Crippen molar-refractivity contribution in [2.45, 2.75) is 18.7 Å². The molecule has 16 heavy (non-hydrogen) atoms. The molecule has 1 aromatic rings. The number of anilines is 1. The first-order valence-electron chi connectivity index (χ1n) is 4.24. The molecule has 0 spiro atoms. The summed E-state index contributed by atoms with van der Waals surface area (Å²) in [5.74, 6) is 0.105. The SMILES string of the molecule is C[C@](O)(CNc1ccc(Cl)nn1)C(F)(F)F. The number of aromatic nitrogens is 2. The van der Waals surface area contributed by atoms with Crippen LogP contribution in [-0.2, 0) is 0 Å². The van der Waals surface area contributed by atoms with Gasteiger partial charge in [0.2, 0.25) is 0 Å². The second kappa shape index (κ2) is 4.42. The zero-order chi connectivity index (χ0) is 12.4. The lowest BCUT2D eigenvalue weighted by Gasteiger charge is -2.26. The van der Waals surface area contributed by atoms with Crippen molar-refractivity contribution in [1.82, 2.24) is 10.2 Å². The minimum atomic E-state index is -4.71. The average molecular weight is 256 g/mol. The second-order valence-corrected chi connectivity index (χ2v) is 3.75. The number of hydrogen-bond acceptors (Lipinski definition) is 4. The third-order valence-corrected chi connectivity index (χ3v) is 2.06. The zero-order valence-corrected chi connectivity index (χ0v) is 8.97. The van der Waals surface area contributed by atoms with Crippen LogP contribution >= 0.6 is 11.6 Å². The van der Waals surface area contributed by atoms with E-state index in [1.807, 2.05) is 0 Å². The van der Waals surface area contributed by atoms with Crippen molar-refractivity contribution in [3.05, 3.63) is 17.3 Å². The molecule has 8 heteroatoms. The Kier molecular flexibility index (Phi) is 3.59. The summed E-state index contributed by atoms with van der Waals surface area (Å²) in [4.78, 5) is 0. The molecule has 1 heterocycles. The summed E-state index contributed by atoms with van der Waals surface area (Å²) in [6, 6.07) is 2.74. The van der Waals surface area contributed by atoms with E-state index in [4.69, 9.17) is 16.7 Å². The minimum Gasteiger partial charge on any atom is -0.379 e. The van der Waals surface area contributed by atoms with Gasteiger partial charge in [-0.2, -0.15) is 13.2 Å². The van der Waals surface area contributed by atoms with E-state index >= 15 is 0 Å². The number of hydrogen-bond donors (Lipinski definition) is 2. The summed E-state index contributed by atoms with van der Waals surface area (Å²) in [5.41, 5.74) is -2.83. The van der Waals surface area contributed by atoms with Crippen LogP contribution in [0.25, 0.3) is 0 Å². The molecule has 4 nitrogen and oxygen atoms in total. The summed E-state index contributed by atoms with van der Waals surface area (Å²) < 4.78 is 36.8. The number of nitrogens with one attached hydrogen (secondary N) is 1. The molecular weight excluding hydrogens is 247 g/mol. The molecular formula is C8H9ClF3N3O. The maximum Gasteiger partial charge on any atom is 0.418 e. The Morgan fingerprint density at radius 3 is 2.44 bits per heavy atom. The average Bonchev–Trinajstić information content (AvgIpc) is 2.15. The van der Waals surface area contributed by atoms with E-state index in [2.05, 4.69) is 15.5 Å². The highest BCUT2D eigenvalue weighted by Crippen LogP contribution is 2.29. The van der Waals surface area contributed by atoms with Crippen LogP contribution in [0.4, 0.5) is 19.0 Å². The topological polar surface area (TPSA) is 58.0 Å². The van der Waals surface area contributed by atoms with Crippen molar-refractivity contribution in [2.24, 2.45) is 0 Å². The Morgan fingerprint density at radius 1 is 1.38 bits per heavy atom. The summed E-state index contributed by atoms with van der Waals surface area (Å²) >= 11 is 5.44. The number of rotatable bonds is 3. The van der Waals surface area contributed by atoms with E-state index in [1.165, 1.54) is 12.1 Å². The molecule has 0 bridgehead atoms. The molecule has 0 radical (unpaired) electrons. The Balaban J connectivity index is 2.61. The first kappa shape index (κ1) is 13.0. The Hall–Kier alpha value is -1.08. The fraction of sp³-hybridized carbons (Fsp3) is 0.500. The number of halogens is 4. The van der Waals surface area contributed by atoms with E-state index in [0.29, 0.717) is 6.92 Å². The molecule has 1 atom stereocenters. The molecule has 1 rings (SSSR count). The van der Waals surface area contributed by atoms with Gasteiger partial charge in [-0.05, 0) is 19.1 Å². The fourth-order valence-corrected chi connectivity index (χ4v) is 0.874. The molecule has 0 amide bonds. The third kappa shape index (κ3) is 3.21. The fourth-order valence-electron chi connectivity index (χ4n) is 0.773. The molecule has 0 aliphatic rings. The van der Waals surface area contributed by atoms with Crippen LogP contribution in [0.2, 0.25) is 5.15 Å². The molecule has 1 aromatic heterocycles. The summed E-state index contributed by atoms with van der Waals surface area (Å²) in [6.45, 7) is -0.0455. The lowest BCUT2D eigenvalue weighted by atomic mass is 10.1. The van der Waals surface area contributed by atoms with E-state index in [1.54, 1.807) is 0 Å². The standard InChI is InChI=1S/C8H9ClF3N3O/c1-7(16,8(10,11)12)4-13-6-3-2-5(9)14-15-6/h2-3,16H,4H2,1H3,(H,13,15)/t7-/m0/s1. The van der Waals surface area contributed by atoms with Gasteiger partial charge >= 0.3 is 6.18 Å². The van der Waals surface area contributed by atoms with E-state index in [9.17, 15) is 13.2 Å². The van der Waals surface area contributed by atoms with Gasteiger partial charge in [0.25, 0.3) is 0 Å².